The Bertz CT molecular complexity index is 1240. The average molecular weight is 496 g/mol. The van der Waals surface area contributed by atoms with Gasteiger partial charge in [-0.3, -0.25) is 4.79 Å². The predicted octanol–water partition coefficient (Wildman–Crippen LogP) is 3.62. The van der Waals surface area contributed by atoms with E-state index in [2.05, 4.69) is 5.32 Å². The summed E-state index contributed by atoms with van der Waals surface area (Å²) in [5, 5.41) is 2.34. The normalized spacial score (nSPS) is 13.1. The Kier molecular flexibility index (Phi) is 7.10. The van der Waals surface area contributed by atoms with Crippen LogP contribution >= 0.6 is 0 Å². The van der Waals surface area contributed by atoms with Gasteiger partial charge in [-0.1, -0.05) is 6.07 Å². The molecule has 1 N–H and O–H groups in total. The molecule has 176 valence electrons. The van der Waals surface area contributed by atoms with Gasteiger partial charge < -0.3 is 5.32 Å². The van der Waals surface area contributed by atoms with Gasteiger partial charge in [0.25, 0.3) is 5.91 Å². The summed E-state index contributed by atoms with van der Waals surface area (Å²) in [4.78, 5) is 11.5. The van der Waals surface area contributed by atoms with E-state index in [0.29, 0.717) is 6.07 Å². The van der Waals surface area contributed by atoms with Gasteiger partial charge in [-0.15, -0.1) is 0 Å². The smallest absolute Gasteiger partial charge is 0.352 e. The van der Waals surface area contributed by atoms with Crippen molar-refractivity contribution in [1.82, 2.24) is 5.32 Å². The van der Waals surface area contributed by atoms with Crippen molar-refractivity contribution in [1.29, 1.82) is 0 Å². The van der Waals surface area contributed by atoms with Gasteiger partial charge in [0.05, 0.1) is 25.7 Å². The van der Waals surface area contributed by atoms with Crippen LogP contribution in [0.3, 0.4) is 0 Å². The van der Waals surface area contributed by atoms with E-state index in [4.69, 9.17) is 0 Å². The van der Waals surface area contributed by atoms with Gasteiger partial charge >= 0.3 is 6.18 Å². The van der Waals surface area contributed by atoms with Gasteiger partial charge in [-0.05, 0) is 56.7 Å². The van der Waals surface area contributed by atoms with Crippen molar-refractivity contribution in [3.8, 4) is 0 Å². The van der Waals surface area contributed by atoms with E-state index in [9.17, 15) is 39.2 Å². The molecule has 1 amide bonds. The third-order valence-electron chi connectivity index (χ3n) is 4.80. The summed E-state index contributed by atoms with van der Waals surface area (Å²) in [6, 6.07) is 5.92. The van der Waals surface area contributed by atoms with Crippen molar-refractivity contribution in [2.75, 3.05) is 12.8 Å². The Hall–Kier alpha value is -2.47. The number of halogens is 4. The molecule has 0 heterocycles. The molecule has 2 rings (SSSR count). The molecule has 0 aromatic heterocycles. The monoisotopic (exact) mass is 495 g/mol. The SMILES string of the molecule is CC(C)(CCNC(=O)c1cc(F)ccc1S(C)(=O)=O)S(=O)(=O)c1cccc(C(F)(F)F)c1. The summed E-state index contributed by atoms with van der Waals surface area (Å²) in [6.07, 6.45) is -4.07. The predicted molar refractivity (Wildman–Crippen MR) is 109 cm³/mol. The second-order valence-electron chi connectivity index (χ2n) is 7.71. The standard InChI is InChI=1S/C20H21F4NO5S2/c1-19(2,32(29,30)15-6-4-5-13(11-15)20(22,23)24)9-10-25-18(26)16-12-14(21)7-8-17(16)31(3,27)28/h4-8,11-12H,9-10H2,1-3H3,(H,25,26). The zero-order chi connectivity index (χ0) is 24.5. The molecule has 0 aliphatic rings. The van der Waals surface area contributed by atoms with Gasteiger partial charge in [0.2, 0.25) is 0 Å². The lowest BCUT2D eigenvalue weighted by atomic mass is 10.1. The molecule has 12 heteroatoms. The summed E-state index contributed by atoms with van der Waals surface area (Å²) >= 11 is 0. The lowest BCUT2D eigenvalue weighted by Crippen LogP contribution is -2.37. The average Bonchev–Trinajstić information content (AvgIpc) is 2.66. The van der Waals surface area contributed by atoms with Crippen LogP contribution in [0.4, 0.5) is 17.6 Å². The maximum atomic E-state index is 13.5. The van der Waals surface area contributed by atoms with Crippen LogP contribution in [0.5, 0.6) is 0 Å². The van der Waals surface area contributed by atoms with Gasteiger partial charge in [0.1, 0.15) is 5.82 Å². The summed E-state index contributed by atoms with van der Waals surface area (Å²) in [6.45, 7) is 2.32. The van der Waals surface area contributed by atoms with E-state index in [1.807, 2.05) is 0 Å². The van der Waals surface area contributed by atoms with Crippen molar-refractivity contribution in [2.45, 2.75) is 41.0 Å². The minimum Gasteiger partial charge on any atom is -0.352 e. The molecule has 0 bridgehead atoms. The number of rotatable bonds is 7. The van der Waals surface area contributed by atoms with Crippen molar-refractivity contribution in [3.05, 3.63) is 59.4 Å². The Labute approximate surface area is 183 Å². The van der Waals surface area contributed by atoms with E-state index in [0.717, 1.165) is 42.7 Å². The first-order valence-electron chi connectivity index (χ1n) is 9.16. The number of carbonyl (C=O) groups excluding carboxylic acids is 1. The van der Waals surface area contributed by atoms with Crippen LogP contribution in [-0.4, -0.2) is 40.3 Å². The molecule has 0 spiro atoms. The molecule has 0 unspecified atom stereocenters. The summed E-state index contributed by atoms with van der Waals surface area (Å²) in [7, 11) is -8.07. The van der Waals surface area contributed by atoms with Crippen LogP contribution in [0.25, 0.3) is 0 Å². The van der Waals surface area contributed by atoms with E-state index >= 15 is 0 Å². The van der Waals surface area contributed by atoms with Crippen LogP contribution in [-0.2, 0) is 25.9 Å². The molecule has 0 aliphatic carbocycles. The first-order valence-corrected chi connectivity index (χ1v) is 12.5. The Balaban J connectivity index is 2.21. The van der Waals surface area contributed by atoms with Gasteiger partial charge in [0, 0.05) is 12.8 Å². The van der Waals surface area contributed by atoms with Crippen LogP contribution < -0.4 is 5.32 Å². The molecule has 0 radical (unpaired) electrons. The fraction of sp³-hybridized carbons (Fsp3) is 0.350. The van der Waals surface area contributed by atoms with Gasteiger partial charge in [-0.2, -0.15) is 13.2 Å². The van der Waals surface area contributed by atoms with Crippen molar-refractivity contribution in [3.63, 3.8) is 0 Å². The largest absolute Gasteiger partial charge is 0.416 e. The van der Waals surface area contributed by atoms with E-state index in [1.165, 1.54) is 13.8 Å². The zero-order valence-electron chi connectivity index (χ0n) is 17.3. The molecular weight excluding hydrogens is 474 g/mol. The number of hydrogen-bond donors (Lipinski definition) is 1. The Morgan fingerprint density at radius 3 is 2.19 bits per heavy atom. The quantitative estimate of drug-likeness (QED) is 0.468. The lowest BCUT2D eigenvalue weighted by Gasteiger charge is -2.25. The zero-order valence-corrected chi connectivity index (χ0v) is 19.0. The molecule has 0 saturated heterocycles. The molecule has 0 aliphatic heterocycles. The maximum absolute atomic E-state index is 13.5. The maximum Gasteiger partial charge on any atom is 0.416 e. The molecule has 6 nitrogen and oxygen atoms in total. The number of carbonyl (C=O) groups is 1. The van der Waals surface area contributed by atoms with Gasteiger partial charge in [0.15, 0.2) is 19.7 Å². The Morgan fingerprint density at radius 2 is 1.62 bits per heavy atom. The van der Waals surface area contributed by atoms with Crippen molar-refractivity contribution >= 4 is 25.6 Å². The van der Waals surface area contributed by atoms with Gasteiger partial charge in [-0.25, -0.2) is 21.2 Å². The number of alkyl halides is 3. The third-order valence-corrected chi connectivity index (χ3v) is 8.49. The highest BCUT2D eigenvalue weighted by Gasteiger charge is 2.38. The highest BCUT2D eigenvalue weighted by Crippen LogP contribution is 2.34. The molecule has 0 saturated carbocycles. The second-order valence-corrected chi connectivity index (χ2v) is 12.3. The number of benzene rings is 2. The highest BCUT2D eigenvalue weighted by atomic mass is 32.2. The van der Waals surface area contributed by atoms with Crippen molar-refractivity contribution in [2.24, 2.45) is 0 Å². The molecule has 0 fully saturated rings. The molecular formula is C20H21F4NO5S2. The second kappa shape index (κ2) is 8.81. The summed E-state index contributed by atoms with van der Waals surface area (Å²) < 4.78 is 100. The van der Waals surface area contributed by atoms with Crippen LogP contribution in [0.15, 0.2) is 52.3 Å². The fourth-order valence-corrected chi connectivity index (χ4v) is 5.28. The van der Waals surface area contributed by atoms with Crippen LogP contribution in [0.1, 0.15) is 36.2 Å². The molecule has 2 aromatic carbocycles. The lowest BCUT2D eigenvalue weighted by molar-refractivity contribution is -0.137. The first kappa shape index (κ1) is 25.8. The topological polar surface area (TPSA) is 97.4 Å². The molecule has 2 aromatic rings. The molecule has 32 heavy (non-hydrogen) atoms. The van der Waals surface area contributed by atoms with E-state index in [-0.39, 0.29) is 13.0 Å². The molecule has 0 atom stereocenters. The van der Waals surface area contributed by atoms with E-state index in [1.54, 1.807) is 0 Å². The summed E-state index contributed by atoms with van der Waals surface area (Å²) in [5.41, 5.74) is -1.55. The van der Waals surface area contributed by atoms with Crippen LogP contribution in [0, 0.1) is 5.82 Å². The fourth-order valence-electron chi connectivity index (χ4n) is 2.87. The van der Waals surface area contributed by atoms with E-state index < -0.39 is 63.2 Å². The first-order chi connectivity index (χ1) is 14.5. The van der Waals surface area contributed by atoms with Crippen LogP contribution in [0.2, 0.25) is 0 Å². The third kappa shape index (κ3) is 5.66. The number of hydrogen-bond acceptors (Lipinski definition) is 5. The minimum absolute atomic E-state index is 0.207. The summed E-state index contributed by atoms with van der Waals surface area (Å²) in [5.74, 6) is -1.77. The highest BCUT2D eigenvalue weighted by molar-refractivity contribution is 7.92. The van der Waals surface area contributed by atoms with Crippen molar-refractivity contribution < 1.29 is 39.2 Å². The Morgan fingerprint density at radius 1 is 1.00 bits per heavy atom. The number of nitrogens with one attached hydrogen (secondary N) is 1. The minimum atomic E-state index is -4.72. The number of sulfone groups is 2. The number of amides is 1.